The number of benzene rings is 2. The summed E-state index contributed by atoms with van der Waals surface area (Å²) in [5.74, 6) is 0.328. The summed E-state index contributed by atoms with van der Waals surface area (Å²) >= 11 is 8.80. The number of nitrogens with zero attached hydrogens (tertiary/aromatic N) is 1. The van der Waals surface area contributed by atoms with Crippen molar-refractivity contribution in [2.75, 3.05) is 20.3 Å². The summed E-state index contributed by atoms with van der Waals surface area (Å²) in [5, 5.41) is 0. The van der Waals surface area contributed by atoms with E-state index >= 15 is 0 Å². The van der Waals surface area contributed by atoms with Crippen LogP contribution in [0, 0.1) is 3.57 Å². The van der Waals surface area contributed by atoms with Crippen LogP contribution in [0.2, 0.25) is 0 Å². The molecule has 1 saturated heterocycles. The molecule has 2 aromatic rings. The standard InChI is InChI=1S/C22H20INO5S2/c1-3-28-19(25)13-29-20-16(23)9-15(10-17(20)27-2)11-18-21(26)24(22(30)31-18)12-14-7-5-4-6-8-14/h4-11H,3,12-13H2,1-2H3/b18-11-. The highest BCUT2D eigenvalue weighted by Gasteiger charge is 2.32. The van der Waals surface area contributed by atoms with Gasteiger partial charge in [0.1, 0.15) is 4.32 Å². The van der Waals surface area contributed by atoms with E-state index in [0.29, 0.717) is 27.3 Å². The Kier molecular flexibility index (Phi) is 8.33. The Bertz CT molecular complexity index is 1030. The number of thiocarbonyl (C=S) groups is 1. The second kappa shape index (κ2) is 11.0. The molecule has 162 valence electrons. The number of esters is 1. The lowest BCUT2D eigenvalue weighted by atomic mass is 10.1. The third kappa shape index (κ3) is 5.98. The molecule has 0 aromatic heterocycles. The van der Waals surface area contributed by atoms with Crippen molar-refractivity contribution in [2.24, 2.45) is 0 Å². The normalized spacial score (nSPS) is 14.8. The van der Waals surface area contributed by atoms with Crippen LogP contribution >= 0.6 is 46.6 Å². The minimum Gasteiger partial charge on any atom is -0.493 e. The van der Waals surface area contributed by atoms with E-state index in [1.54, 1.807) is 24.0 Å². The first-order valence-electron chi connectivity index (χ1n) is 9.38. The lowest BCUT2D eigenvalue weighted by Gasteiger charge is -2.14. The second-order valence-corrected chi connectivity index (χ2v) is 9.22. The first-order chi connectivity index (χ1) is 14.9. The lowest BCUT2D eigenvalue weighted by molar-refractivity contribution is -0.145. The van der Waals surface area contributed by atoms with Crippen molar-refractivity contribution in [2.45, 2.75) is 13.5 Å². The molecule has 1 heterocycles. The predicted molar refractivity (Wildman–Crippen MR) is 133 cm³/mol. The van der Waals surface area contributed by atoms with Crippen molar-refractivity contribution in [1.82, 2.24) is 4.90 Å². The number of ether oxygens (including phenoxy) is 3. The third-order valence-electron chi connectivity index (χ3n) is 4.25. The Morgan fingerprint density at radius 2 is 2.00 bits per heavy atom. The zero-order valence-corrected chi connectivity index (χ0v) is 20.7. The summed E-state index contributed by atoms with van der Waals surface area (Å²) in [6.45, 7) is 2.25. The van der Waals surface area contributed by atoms with E-state index in [9.17, 15) is 9.59 Å². The molecule has 1 amide bonds. The number of halogens is 1. The third-order valence-corrected chi connectivity index (χ3v) is 6.43. The first kappa shape index (κ1) is 23.6. The Morgan fingerprint density at radius 3 is 2.68 bits per heavy atom. The predicted octanol–water partition coefficient (Wildman–Crippen LogP) is 4.64. The SMILES string of the molecule is CCOC(=O)COc1c(I)cc(/C=C2\SC(=S)N(Cc3ccccc3)C2=O)cc1OC. The maximum atomic E-state index is 12.9. The number of rotatable bonds is 8. The number of thioether (sulfide) groups is 1. The number of hydrogen-bond donors (Lipinski definition) is 0. The summed E-state index contributed by atoms with van der Waals surface area (Å²) in [7, 11) is 1.52. The highest BCUT2D eigenvalue weighted by atomic mass is 127. The van der Waals surface area contributed by atoms with Gasteiger partial charge in [0.05, 0.1) is 28.7 Å². The molecule has 1 aliphatic heterocycles. The molecule has 6 nitrogen and oxygen atoms in total. The van der Waals surface area contributed by atoms with Gasteiger partial charge in [-0.2, -0.15) is 0 Å². The maximum Gasteiger partial charge on any atom is 0.344 e. The molecule has 3 rings (SSSR count). The largest absolute Gasteiger partial charge is 0.493 e. The fourth-order valence-corrected chi connectivity index (χ4v) is 4.89. The highest BCUT2D eigenvalue weighted by molar-refractivity contribution is 14.1. The van der Waals surface area contributed by atoms with Gasteiger partial charge >= 0.3 is 5.97 Å². The van der Waals surface area contributed by atoms with Crippen LogP contribution in [0.25, 0.3) is 6.08 Å². The van der Waals surface area contributed by atoms with Crippen molar-refractivity contribution in [3.63, 3.8) is 0 Å². The van der Waals surface area contributed by atoms with E-state index < -0.39 is 5.97 Å². The smallest absolute Gasteiger partial charge is 0.344 e. The van der Waals surface area contributed by atoms with Crippen molar-refractivity contribution < 1.29 is 23.8 Å². The number of hydrogen-bond acceptors (Lipinski definition) is 7. The van der Waals surface area contributed by atoms with Crippen molar-refractivity contribution in [1.29, 1.82) is 0 Å². The van der Waals surface area contributed by atoms with Crippen LogP contribution in [0.15, 0.2) is 47.4 Å². The minimum atomic E-state index is -0.452. The monoisotopic (exact) mass is 569 g/mol. The van der Waals surface area contributed by atoms with E-state index in [2.05, 4.69) is 22.6 Å². The molecule has 0 saturated carbocycles. The number of methoxy groups -OCH3 is 1. The second-order valence-electron chi connectivity index (χ2n) is 6.38. The van der Waals surface area contributed by atoms with Crippen molar-refractivity contribution in [3.05, 3.63) is 62.1 Å². The van der Waals surface area contributed by atoms with Crippen LogP contribution in [0.3, 0.4) is 0 Å². The minimum absolute atomic E-state index is 0.129. The van der Waals surface area contributed by atoms with Crippen LogP contribution in [-0.2, 0) is 20.9 Å². The van der Waals surface area contributed by atoms with Crippen LogP contribution in [0.1, 0.15) is 18.1 Å². The van der Waals surface area contributed by atoms with E-state index in [-0.39, 0.29) is 19.1 Å². The number of amides is 1. The topological polar surface area (TPSA) is 65.1 Å². The van der Waals surface area contributed by atoms with Gasteiger partial charge in [-0.05, 0) is 58.9 Å². The maximum absolute atomic E-state index is 12.9. The molecule has 1 fully saturated rings. The van der Waals surface area contributed by atoms with E-state index in [0.717, 1.165) is 14.7 Å². The van der Waals surface area contributed by atoms with Gasteiger partial charge in [-0.15, -0.1) is 0 Å². The fourth-order valence-electron chi connectivity index (χ4n) is 2.85. The van der Waals surface area contributed by atoms with Gasteiger partial charge in [0.2, 0.25) is 0 Å². The molecule has 0 N–H and O–H groups in total. The molecular weight excluding hydrogens is 549 g/mol. The molecule has 9 heteroatoms. The molecule has 0 unspecified atom stereocenters. The van der Waals surface area contributed by atoms with Gasteiger partial charge in [-0.3, -0.25) is 9.69 Å². The summed E-state index contributed by atoms with van der Waals surface area (Å²) in [5.41, 5.74) is 1.78. The van der Waals surface area contributed by atoms with Crippen LogP contribution in [-0.4, -0.2) is 41.4 Å². The zero-order chi connectivity index (χ0) is 22.4. The molecule has 0 radical (unpaired) electrons. The van der Waals surface area contributed by atoms with Crippen LogP contribution in [0.5, 0.6) is 11.5 Å². The summed E-state index contributed by atoms with van der Waals surface area (Å²) in [4.78, 5) is 26.6. The average molecular weight is 569 g/mol. The molecule has 0 atom stereocenters. The fraction of sp³-hybridized carbons (Fsp3) is 0.227. The van der Waals surface area contributed by atoms with Crippen LogP contribution < -0.4 is 9.47 Å². The number of carbonyl (C=O) groups is 2. The van der Waals surface area contributed by atoms with Gasteiger partial charge in [0, 0.05) is 0 Å². The molecular formula is C22H20INO5S2. The Morgan fingerprint density at radius 1 is 1.26 bits per heavy atom. The summed E-state index contributed by atoms with van der Waals surface area (Å²) in [6, 6.07) is 13.3. The van der Waals surface area contributed by atoms with Gasteiger partial charge in [-0.25, -0.2) is 4.79 Å². The molecule has 1 aliphatic rings. The highest BCUT2D eigenvalue weighted by Crippen LogP contribution is 2.37. The van der Waals surface area contributed by atoms with Gasteiger partial charge in [-0.1, -0.05) is 54.3 Å². The zero-order valence-electron chi connectivity index (χ0n) is 16.9. The van der Waals surface area contributed by atoms with Crippen molar-refractivity contribution in [3.8, 4) is 11.5 Å². The Hall–Kier alpha value is -2.11. The van der Waals surface area contributed by atoms with Crippen LogP contribution in [0.4, 0.5) is 0 Å². The van der Waals surface area contributed by atoms with Gasteiger partial charge in [0.25, 0.3) is 5.91 Å². The lowest BCUT2D eigenvalue weighted by Crippen LogP contribution is -2.27. The summed E-state index contributed by atoms with van der Waals surface area (Å²) < 4.78 is 17.2. The van der Waals surface area contributed by atoms with E-state index in [1.807, 2.05) is 36.4 Å². The Balaban J connectivity index is 1.79. The molecule has 31 heavy (non-hydrogen) atoms. The Labute approximate surface area is 204 Å². The molecule has 0 bridgehead atoms. The van der Waals surface area contributed by atoms with E-state index in [1.165, 1.54) is 18.9 Å². The van der Waals surface area contributed by atoms with Gasteiger partial charge < -0.3 is 14.2 Å². The summed E-state index contributed by atoms with van der Waals surface area (Å²) in [6.07, 6.45) is 1.78. The van der Waals surface area contributed by atoms with Gasteiger partial charge in [0.15, 0.2) is 18.1 Å². The van der Waals surface area contributed by atoms with Crippen molar-refractivity contribution >= 4 is 68.8 Å². The first-order valence-corrected chi connectivity index (χ1v) is 11.7. The number of carbonyl (C=O) groups excluding carboxylic acids is 2. The molecule has 2 aromatic carbocycles. The quantitative estimate of drug-likeness (QED) is 0.199. The molecule has 0 spiro atoms. The van der Waals surface area contributed by atoms with E-state index in [4.69, 9.17) is 26.4 Å². The average Bonchev–Trinajstić information content (AvgIpc) is 3.01. The molecule has 0 aliphatic carbocycles.